The Balaban J connectivity index is 1.78. The fraction of sp³-hybridized carbons (Fsp3) is 0.150. The summed E-state index contributed by atoms with van der Waals surface area (Å²) in [6.45, 7) is 1.72. The van der Waals surface area contributed by atoms with Gasteiger partial charge in [0, 0.05) is 42.5 Å². The molecule has 0 saturated carbocycles. The molecular weight excluding hydrogens is 444 g/mol. The molecule has 0 bridgehead atoms. The highest BCUT2D eigenvalue weighted by atomic mass is 32.2. The molecule has 0 spiro atoms. The van der Waals surface area contributed by atoms with Crippen molar-refractivity contribution in [3.05, 3.63) is 66.0 Å². The van der Waals surface area contributed by atoms with Gasteiger partial charge in [-0.3, -0.25) is 9.52 Å². The molecule has 0 radical (unpaired) electrons. The number of halogens is 2. The number of nitrogens with one attached hydrogen (secondary N) is 2. The monoisotopic (exact) mass is 461 g/mol. The summed E-state index contributed by atoms with van der Waals surface area (Å²) in [5.74, 6) is -3.43. The van der Waals surface area contributed by atoms with E-state index in [1.54, 1.807) is 13.0 Å². The van der Waals surface area contributed by atoms with Crippen LogP contribution in [0.25, 0.3) is 22.3 Å². The van der Waals surface area contributed by atoms with Crippen LogP contribution in [0.2, 0.25) is 0 Å². The third-order valence-corrected chi connectivity index (χ3v) is 6.47. The van der Waals surface area contributed by atoms with Crippen LogP contribution in [0, 0.1) is 11.6 Å². The molecule has 32 heavy (non-hydrogen) atoms. The minimum absolute atomic E-state index is 0.0404. The topological polar surface area (TPSA) is 121 Å². The maximum absolute atomic E-state index is 15.1. The van der Waals surface area contributed by atoms with Crippen LogP contribution in [0.3, 0.4) is 0 Å². The molecule has 0 aliphatic heterocycles. The van der Waals surface area contributed by atoms with Gasteiger partial charge in [-0.15, -0.1) is 0 Å². The summed E-state index contributed by atoms with van der Waals surface area (Å²) in [6, 6.07) is 3.33. The van der Waals surface area contributed by atoms with Crippen molar-refractivity contribution in [1.82, 2.24) is 19.3 Å². The van der Waals surface area contributed by atoms with E-state index >= 15 is 4.39 Å². The number of fused-ring (bicyclic) bond motifs is 1. The molecule has 0 fully saturated rings. The van der Waals surface area contributed by atoms with E-state index < -0.39 is 38.9 Å². The minimum atomic E-state index is -4.08. The summed E-state index contributed by atoms with van der Waals surface area (Å²) >= 11 is 0. The largest absolute Gasteiger partial charge is 0.451 e. The van der Waals surface area contributed by atoms with Crippen molar-refractivity contribution < 1.29 is 26.4 Å². The van der Waals surface area contributed by atoms with Crippen LogP contribution >= 0.6 is 0 Å². The molecule has 0 aliphatic carbocycles. The second kappa shape index (κ2) is 8.13. The van der Waals surface area contributed by atoms with E-state index in [9.17, 15) is 17.6 Å². The average Bonchev–Trinajstić information content (AvgIpc) is 3.44. The van der Waals surface area contributed by atoms with Crippen LogP contribution in [-0.4, -0.2) is 47.1 Å². The number of pyridine rings is 1. The predicted octanol–water partition coefficient (Wildman–Crippen LogP) is 3.34. The van der Waals surface area contributed by atoms with Gasteiger partial charge in [-0.05, 0) is 18.2 Å². The number of ketones is 1. The zero-order valence-corrected chi connectivity index (χ0v) is 17.7. The highest BCUT2D eigenvalue weighted by Crippen LogP contribution is 2.29. The van der Waals surface area contributed by atoms with Gasteiger partial charge in [-0.25, -0.2) is 18.7 Å². The molecule has 12 heteroatoms. The quantitative estimate of drug-likeness (QED) is 0.407. The predicted molar refractivity (Wildman–Crippen MR) is 112 cm³/mol. The lowest BCUT2D eigenvalue weighted by atomic mass is 10.0. The van der Waals surface area contributed by atoms with E-state index in [-0.39, 0.29) is 12.1 Å². The number of carbonyl (C=O) groups excluding carboxylic acids is 1. The Bertz CT molecular complexity index is 1420. The summed E-state index contributed by atoms with van der Waals surface area (Å²) in [5, 5.41) is 0.311. The normalized spacial score (nSPS) is 11.9. The molecular formula is C20H17F2N5O4S. The number of benzene rings is 1. The number of nitrogens with zero attached hydrogens (tertiary/aromatic N) is 3. The molecule has 0 aliphatic rings. The third kappa shape index (κ3) is 3.74. The first-order chi connectivity index (χ1) is 15.2. The van der Waals surface area contributed by atoms with Gasteiger partial charge in [0.1, 0.15) is 23.4 Å². The second-order valence-electron chi connectivity index (χ2n) is 6.83. The third-order valence-electron chi connectivity index (χ3n) is 4.92. The zero-order chi connectivity index (χ0) is 23.0. The summed E-state index contributed by atoms with van der Waals surface area (Å²) in [5.41, 5.74) is -0.157. The number of oxazole rings is 1. The van der Waals surface area contributed by atoms with Gasteiger partial charge in [-0.2, -0.15) is 12.7 Å². The van der Waals surface area contributed by atoms with E-state index in [2.05, 4.69) is 15.0 Å². The number of anilines is 1. The highest BCUT2D eigenvalue weighted by Gasteiger charge is 2.27. The average molecular weight is 461 g/mol. The molecule has 0 saturated heterocycles. The lowest BCUT2D eigenvalue weighted by molar-refractivity contribution is 0.103. The number of aromatic amines is 1. The van der Waals surface area contributed by atoms with Crippen LogP contribution in [0.1, 0.15) is 22.8 Å². The summed E-state index contributed by atoms with van der Waals surface area (Å²) in [6.07, 6.45) is 5.41. The van der Waals surface area contributed by atoms with Gasteiger partial charge in [0.15, 0.2) is 12.2 Å². The first-order valence-electron chi connectivity index (χ1n) is 9.35. The van der Waals surface area contributed by atoms with Crippen molar-refractivity contribution in [3.8, 4) is 11.3 Å². The number of rotatable bonds is 7. The van der Waals surface area contributed by atoms with Crippen LogP contribution in [0.15, 0.2) is 47.7 Å². The maximum atomic E-state index is 15.1. The highest BCUT2D eigenvalue weighted by molar-refractivity contribution is 7.90. The van der Waals surface area contributed by atoms with Crippen molar-refractivity contribution >= 4 is 32.7 Å². The molecule has 3 aromatic heterocycles. The first-order valence-corrected chi connectivity index (χ1v) is 10.8. The summed E-state index contributed by atoms with van der Waals surface area (Å²) in [4.78, 5) is 24.1. The molecule has 0 atom stereocenters. The fourth-order valence-electron chi connectivity index (χ4n) is 3.05. The van der Waals surface area contributed by atoms with Gasteiger partial charge >= 0.3 is 10.2 Å². The maximum Gasteiger partial charge on any atom is 0.301 e. The summed E-state index contributed by atoms with van der Waals surface area (Å²) < 4.78 is 62.1. The van der Waals surface area contributed by atoms with Crippen molar-refractivity contribution in [2.24, 2.45) is 0 Å². The SMILES string of the molecule is CCN(C)S(=O)(=O)Nc1ccc(F)c(C(=O)c2c[nH]c3ncc(-c4cocn4)cc23)c1F. The zero-order valence-electron chi connectivity index (χ0n) is 16.9. The minimum Gasteiger partial charge on any atom is -0.451 e. The Hall–Kier alpha value is -3.64. The van der Waals surface area contributed by atoms with Crippen LogP contribution in [0.5, 0.6) is 0 Å². The van der Waals surface area contributed by atoms with Gasteiger partial charge in [0.05, 0.1) is 11.3 Å². The van der Waals surface area contributed by atoms with Crippen molar-refractivity contribution in [2.45, 2.75) is 6.92 Å². The molecule has 1 aromatic carbocycles. The number of carbonyl (C=O) groups is 1. The molecule has 3 heterocycles. The van der Waals surface area contributed by atoms with E-state index in [0.29, 0.717) is 22.3 Å². The molecule has 166 valence electrons. The second-order valence-corrected chi connectivity index (χ2v) is 8.61. The lowest BCUT2D eigenvalue weighted by Crippen LogP contribution is -2.32. The number of aromatic nitrogens is 3. The van der Waals surface area contributed by atoms with Gasteiger partial charge in [0.25, 0.3) is 0 Å². The smallest absolute Gasteiger partial charge is 0.301 e. The molecule has 0 amide bonds. The van der Waals surface area contributed by atoms with E-state index in [0.717, 1.165) is 16.4 Å². The Labute approximate surface area is 181 Å². The summed E-state index contributed by atoms with van der Waals surface area (Å²) in [7, 11) is -2.79. The number of hydrogen-bond donors (Lipinski definition) is 2. The van der Waals surface area contributed by atoms with Crippen molar-refractivity contribution in [2.75, 3.05) is 18.3 Å². The van der Waals surface area contributed by atoms with E-state index in [4.69, 9.17) is 4.42 Å². The Morgan fingerprint density at radius 1 is 1.28 bits per heavy atom. The number of H-pyrrole nitrogens is 1. The van der Waals surface area contributed by atoms with Crippen LogP contribution in [0.4, 0.5) is 14.5 Å². The van der Waals surface area contributed by atoms with Crippen LogP contribution < -0.4 is 4.72 Å². The Morgan fingerprint density at radius 2 is 2.06 bits per heavy atom. The first kappa shape index (κ1) is 21.6. The standard InChI is InChI=1S/C20H17F2N5O4S/c1-3-27(2)32(29,30)26-15-5-4-14(21)17(18(15)22)19(28)13-8-24-20-12(13)6-11(7-23-20)16-9-31-10-25-16/h4-10,26H,3H2,1-2H3,(H,23,24). The van der Waals surface area contributed by atoms with E-state index in [1.807, 2.05) is 4.72 Å². The van der Waals surface area contributed by atoms with E-state index in [1.165, 1.54) is 32.1 Å². The van der Waals surface area contributed by atoms with Gasteiger partial charge < -0.3 is 9.40 Å². The molecule has 4 rings (SSSR count). The Morgan fingerprint density at radius 3 is 2.75 bits per heavy atom. The number of hydrogen-bond acceptors (Lipinski definition) is 6. The van der Waals surface area contributed by atoms with Gasteiger partial charge in [0.2, 0.25) is 5.78 Å². The lowest BCUT2D eigenvalue weighted by Gasteiger charge is -2.17. The van der Waals surface area contributed by atoms with Crippen molar-refractivity contribution in [3.63, 3.8) is 0 Å². The molecule has 2 N–H and O–H groups in total. The van der Waals surface area contributed by atoms with Gasteiger partial charge in [-0.1, -0.05) is 6.92 Å². The molecule has 0 unspecified atom stereocenters. The van der Waals surface area contributed by atoms with Crippen LogP contribution in [-0.2, 0) is 10.2 Å². The van der Waals surface area contributed by atoms with Crippen molar-refractivity contribution in [1.29, 1.82) is 0 Å². The molecule has 9 nitrogen and oxygen atoms in total. The fourth-order valence-corrected chi connectivity index (χ4v) is 3.98. The Kier molecular flexibility index (Phi) is 5.48. The molecule has 4 aromatic rings.